The van der Waals surface area contributed by atoms with Gasteiger partial charge in [-0.2, -0.15) is 5.10 Å². The van der Waals surface area contributed by atoms with E-state index in [0.717, 1.165) is 36.5 Å². The first-order valence-electron chi connectivity index (χ1n) is 5.92. The number of hydrogen-bond acceptors (Lipinski definition) is 4. The van der Waals surface area contributed by atoms with E-state index in [1.54, 1.807) is 12.1 Å². The highest BCUT2D eigenvalue weighted by atomic mass is 16.3. The zero-order valence-corrected chi connectivity index (χ0v) is 10.1. The Kier molecular flexibility index (Phi) is 2.48. The average molecular weight is 245 g/mol. The molecule has 2 heterocycles. The van der Waals surface area contributed by atoms with E-state index in [4.69, 9.17) is 0 Å². The number of benzene rings is 1. The maximum Gasteiger partial charge on any atom is 0.128 e. The fraction of sp³-hybridized carbons (Fsp3) is 0.308. The number of nitrogens with one attached hydrogen (secondary N) is 1. The average Bonchev–Trinajstić information content (AvgIpc) is 2.72. The second-order valence-electron chi connectivity index (χ2n) is 4.71. The summed E-state index contributed by atoms with van der Waals surface area (Å²) in [6.45, 7) is 1.82. The summed E-state index contributed by atoms with van der Waals surface area (Å²) in [7, 11) is 2.07. The van der Waals surface area contributed by atoms with Gasteiger partial charge in [0.1, 0.15) is 11.5 Å². The van der Waals surface area contributed by atoms with Gasteiger partial charge in [0.05, 0.1) is 11.4 Å². The predicted molar refractivity (Wildman–Crippen MR) is 67.4 cm³/mol. The topological polar surface area (TPSA) is 72.4 Å². The van der Waals surface area contributed by atoms with Crippen LogP contribution in [-0.2, 0) is 13.0 Å². The van der Waals surface area contributed by atoms with Crippen LogP contribution < -0.4 is 0 Å². The number of phenols is 2. The van der Waals surface area contributed by atoms with Crippen LogP contribution in [0.1, 0.15) is 11.3 Å². The summed E-state index contributed by atoms with van der Waals surface area (Å²) in [4.78, 5) is 2.22. The Hall–Kier alpha value is -2.01. The highest BCUT2D eigenvalue weighted by Gasteiger charge is 2.22. The molecule has 2 aromatic rings. The number of aromatic nitrogens is 2. The van der Waals surface area contributed by atoms with Gasteiger partial charge in [0.15, 0.2) is 0 Å². The fourth-order valence-corrected chi connectivity index (χ4v) is 2.38. The largest absolute Gasteiger partial charge is 0.508 e. The highest BCUT2D eigenvalue weighted by Crippen LogP contribution is 2.35. The Balaban J connectivity index is 2.10. The lowest BCUT2D eigenvalue weighted by atomic mass is 10.0. The van der Waals surface area contributed by atoms with Gasteiger partial charge in [0.25, 0.3) is 0 Å². The van der Waals surface area contributed by atoms with Crippen molar-refractivity contribution in [1.82, 2.24) is 15.1 Å². The molecule has 94 valence electrons. The number of rotatable bonds is 1. The summed E-state index contributed by atoms with van der Waals surface area (Å²) in [5.74, 6) is 0.122. The molecule has 0 radical (unpaired) electrons. The van der Waals surface area contributed by atoms with Gasteiger partial charge in [-0.1, -0.05) is 0 Å². The number of fused-ring (bicyclic) bond motifs is 1. The molecule has 1 aromatic heterocycles. The van der Waals surface area contributed by atoms with E-state index in [1.807, 2.05) is 0 Å². The van der Waals surface area contributed by atoms with Gasteiger partial charge < -0.3 is 15.1 Å². The Morgan fingerprint density at radius 1 is 1.33 bits per heavy atom. The summed E-state index contributed by atoms with van der Waals surface area (Å²) in [5, 5.41) is 26.5. The van der Waals surface area contributed by atoms with E-state index in [1.165, 1.54) is 6.07 Å². The van der Waals surface area contributed by atoms with E-state index in [0.29, 0.717) is 5.56 Å². The van der Waals surface area contributed by atoms with Crippen LogP contribution >= 0.6 is 0 Å². The van der Waals surface area contributed by atoms with Crippen LogP contribution in [0.4, 0.5) is 0 Å². The van der Waals surface area contributed by atoms with Crippen LogP contribution in [0.3, 0.4) is 0 Å². The second kappa shape index (κ2) is 4.03. The molecule has 3 rings (SSSR count). The Morgan fingerprint density at radius 3 is 2.94 bits per heavy atom. The molecule has 1 aliphatic rings. The van der Waals surface area contributed by atoms with Crippen LogP contribution in [0.2, 0.25) is 0 Å². The fourth-order valence-electron chi connectivity index (χ4n) is 2.38. The van der Waals surface area contributed by atoms with Crippen molar-refractivity contribution in [3.05, 3.63) is 29.5 Å². The van der Waals surface area contributed by atoms with Gasteiger partial charge in [-0.3, -0.25) is 5.10 Å². The molecule has 5 nitrogen and oxygen atoms in total. The number of aromatic amines is 1. The van der Waals surface area contributed by atoms with Gasteiger partial charge in [-0.15, -0.1) is 0 Å². The third kappa shape index (κ3) is 1.73. The molecule has 0 unspecified atom stereocenters. The van der Waals surface area contributed by atoms with Crippen molar-refractivity contribution in [3.63, 3.8) is 0 Å². The van der Waals surface area contributed by atoms with Gasteiger partial charge in [0, 0.05) is 36.7 Å². The molecular formula is C13H15N3O2. The van der Waals surface area contributed by atoms with Crippen molar-refractivity contribution in [2.45, 2.75) is 13.0 Å². The number of aromatic hydroxyl groups is 2. The normalized spacial score (nSPS) is 15.6. The van der Waals surface area contributed by atoms with Crippen molar-refractivity contribution in [2.24, 2.45) is 0 Å². The Morgan fingerprint density at radius 2 is 2.17 bits per heavy atom. The van der Waals surface area contributed by atoms with E-state index in [9.17, 15) is 10.2 Å². The maximum atomic E-state index is 9.91. The third-order valence-corrected chi connectivity index (χ3v) is 3.36. The minimum Gasteiger partial charge on any atom is -0.508 e. The second-order valence-corrected chi connectivity index (χ2v) is 4.71. The molecule has 18 heavy (non-hydrogen) atoms. The van der Waals surface area contributed by atoms with Crippen molar-refractivity contribution in [3.8, 4) is 22.8 Å². The SMILES string of the molecule is CN1CCc2n[nH]c(-c3ccc(O)cc3O)c2C1. The highest BCUT2D eigenvalue weighted by molar-refractivity contribution is 5.71. The van der Waals surface area contributed by atoms with Gasteiger partial charge in [0.2, 0.25) is 0 Å². The summed E-state index contributed by atoms with van der Waals surface area (Å²) < 4.78 is 0. The first kappa shape index (κ1) is 11.1. The summed E-state index contributed by atoms with van der Waals surface area (Å²) in [5.41, 5.74) is 3.71. The molecule has 0 atom stereocenters. The van der Waals surface area contributed by atoms with E-state index < -0.39 is 0 Å². The van der Waals surface area contributed by atoms with Crippen molar-refractivity contribution in [2.75, 3.05) is 13.6 Å². The lowest BCUT2D eigenvalue weighted by molar-refractivity contribution is 0.312. The summed E-state index contributed by atoms with van der Waals surface area (Å²) >= 11 is 0. The monoisotopic (exact) mass is 245 g/mol. The molecule has 0 saturated carbocycles. The van der Waals surface area contributed by atoms with Crippen molar-refractivity contribution in [1.29, 1.82) is 0 Å². The number of nitrogens with zero attached hydrogens (tertiary/aromatic N) is 2. The lowest BCUT2D eigenvalue weighted by Gasteiger charge is -2.22. The van der Waals surface area contributed by atoms with E-state index in [2.05, 4.69) is 22.1 Å². The van der Waals surface area contributed by atoms with Crippen molar-refractivity contribution < 1.29 is 10.2 Å². The molecule has 3 N–H and O–H groups in total. The van der Waals surface area contributed by atoms with Crippen LogP contribution in [0, 0.1) is 0 Å². The van der Waals surface area contributed by atoms with Crippen molar-refractivity contribution >= 4 is 0 Å². The van der Waals surface area contributed by atoms with Crippen LogP contribution in [0.25, 0.3) is 11.3 Å². The number of likely N-dealkylation sites (N-methyl/N-ethyl adjacent to an activating group) is 1. The summed E-state index contributed by atoms with van der Waals surface area (Å²) in [6, 6.07) is 4.61. The molecule has 0 aliphatic carbocycles. The number of phenolic OH excluding ortho intramolecular Hbond substituents is 2. The molecule has 0 saturated heterocycles. The molecule has 0 amide bonds. The van der Waals surface area contributed by atoms with Crippen LogP contribution in [0.5, 0.6) is 11.5 Å². The third-order valence-electron chi connectivity index (χ3n) is 3.36. The Bertz CT molecular complexity index is 592. The standard InChI is InChI=1S/C13H15N3O2/c1-16-5-4-11-10(7-16)13(15-14-11)9-3-2-8(17)6-12(9)18/h2-3,6,17-18H,4-5,7H2,1H3,(H,14,15). The molecule has 0 spiro atoms. The number of hydrogen-bond donors (Lipinski definition) is 3. The minimum atomic E-state index is 0.0572. The zero-order chi connectivity index (χ0) is 12.7. The first-order chi connectivity index (χ1) is 8.65. The van der Waals surface area contributed by atoms with Crippen LogP contribution in [-0.4, -0.2) is 38.9 Å². The molecule has 5 heteroatoms. The lowest BCUT2D eigenvalue weighted by Crippen LogP contribution is -2.26. The molecule has 1 aromatic carbocycles. The summed E-state index contributed by atoms with van der Waals surface area (Å²) in [6.07, 6.45) is 0.918. The molecule has 0 fully saturated rings. The molecule has 0 bridgehead atoms. The Labute approximate surface area is 105 Å². The minimum absolute atomic E-state index is 0.0572. The predicted octanol–water partition coefficient (Wildman–Crippen LogP) is 1.48. The number of H-pyrrole nitrogens is 1. The molecular weight excluding hydrogens is 230 g/mol. The first-order valence-corrected chi connectivity index (χ1v) is 5.92. The quantitative estimate of drug-likeness (QED) is 0.711. The van der Waals surface area contributed by atoms with E-state index >= 15 is 0 Å². The molecule has 1 aliphatic heterocycles. The van der Waals surface area contributed by atoms with Gasteiger partial charge in [-0.25, -0.2) is 0 Å². The van der Waals surface area contributed by atoms with Gasteiger partial charge >= 0.3 is 0 Å². The maximum absolute atomic E-state index is 9.91. The smallest absolute Gasteiger partial charge is 0.128 e. The van der Waals surface area contributed by atoms with E-state index in [-0.39, 0.29) is 11.5 Å². The van der Waals surface area contributed by atoms with Gasteiger partial charge in [-0.05, 0) is 19.2 Å². The zero-order valence-electron chi connectivity index (χ0n) is 10.1. The van der Waals surface area contributed by atoms with Crippen LogP contribution in [0.15, 0.2) is 18.2 Å².